The maximum absolute atomic E-state index is 13.8. The van der Waals surface area contributed by atoms with Gasteiger partial charge in [-0.05, 0) is 49.4 Å². The van der Waals surface area contributed by atoms with E-state index in [1.807, 2.05) is 75.4 Å². The van der Waals surface area contributed by atoms with Gasteiger partial charge in [0.15, 0.2) is 5.78 Å². The average Bonchev–Trinajstić information content (AvgIpc) is 2.86. The minimum absolute atomic E-state index is 0.0483. The van der Waals surface area contributed by atoms with Crippen molar-refractivity contribution in [2.75, 3.05) is 20.3 Å². The molecule has 188 valence electrons. The molecule has 1 heterocycles. The van der Waals surface area contributed by atoms with Gasteiger partial charge in [0.05, 0.1) is 12.7 Å². The Kier molecular flexibility index (Phi) is 7.58. The van der Waals surface area contributed by atoms with Gasteiger partial charge in [-0.1, -0.05) is 49.4 Å². The van der Waals surface area contributed by atoms with Crippen LogP contribution in [0.4, 0.5) is 0 Å². The molecule has 1 N–H and O–H groups in total. The molecule has 0 aromatic heterocycles. The van der Waals surface area contributed by atoms with Gasteiger partial charge in [0.1, 0.15) is 24.9 Å². The molecule has 0 bridgehead atoms. The second-order valence-electron chi connectivity index (χ2n) is 9.19. The van der Waals surface area contributed by atoms with E-state index in [9.17, 15) is 14.4 Å². The van der Waals surface area contributed by atoms with Crippen LogP contribution in [0.15, 0.2) is 77.1 Å². The zero-order valence-corrected chi connectivity index (χ0v) is 21.0. The third-order valence-corrected chi connectivity index (χ3v) is 6.79. The first-order valence-electron chi connectivity index (χ1n) is 12.1. The second-order valence-corrected chi connectivity index (χ2v) is 9.19. The SMILES string of the molecule is COC(=O)[C@@H]1C(=O)C2=C(C[C@H]1C)NC(C)=C(C(=O)OCCOc1ccccc1)[C@@H]2c1ccccc1C. The summed E-state index contributed by atoms with van der Waals surface area (Å²) in [7, 11) is 1.29. The first-order valence-corrected chi connectivity index (χ1v) is 12.1. The molecule has 0 saturated carbocycles. The summed E-state index contributed by atoms with van der Waals surface area (Å²) in [6.45, 7) is 5.86. The number of para-hydroxylation sites is 1. The number of esters is 2. The molecular weight excluding hydrogens is 458 g/mol. The van der Waals surface area contributed by atoms with Gasteiger partial charge in [-0.3, -0.25) is 9.59 Å². The van der Waals surface area contributed by atoms with E-state index < -0.39 is 23.8 Å². The van der Waals surface area contributed by atoms with Crippen LogP contribution in [0.2, 0.25) is 0 Å². The van der Waals surface area contributed by atoms with E-state index in [1.54, 1.807) is 0 Å². The summed E-state index contributed by atoms with van der Waals surface area (Å²) in [6.07, 6.45) is 0.494. The highest BCUT2D eigenvalue weighted by Crippen LogP contribution is 2.46. The van der Waals surface area contributed by atoms with E-state index in [0.29, 0.717) is 29.0 Å². The molecule has 0 spiro atoms. The third-order valence-electron chi connectivity index (χ3n) is 6.79. The molecule has 7 nitrogen and oxygen atoms in total. The fourth-order valence-electron chi connectivity index (χ4n) is 5.06. The fraction of sp³-hybridized carbons (Fsp3) is 0.345. The van der Waals surface area contributed by atoms with Gasteiger partial charge in [0.25, 0.3) is 0 Å². The summed E-state index contributed by atoms with van der Waals surface area (Å²) in [6, 6.07) is 16.9. The maximum Gasteiger partial charge on any atom is 0.336 e. The largest absolute Gasteiger partial charge is 0.490 e. The molecule has 0 fully saturated rings. The normalized spacial score (nSPS) is 21.4. The van der Waals surface area contributed by atoms with Crippen LogP contribution < -0.4 is 10.1 Å². The van der Waals surface area contributed by atoms with E-state index >= 15 is 0 Å². The minimum Gasteiger partial charge on any atom is -0.490 e. The number of ether oxygens (including phenoxy) is 3. The third kappa shape index (κ3) is 4.91. The first-order chi connectivity index (χ1) is 17.3. The van der Waals surface area contributed by atoms with Gasteiger partial charge < -0.3 is 19.5 Å². The fourth-order valence-corrected chi connectivity index (χ4v) is 5.06. The lowest BCUT2D eigenvalue weighted by Crippen LogP contribution is -2.43. The molecule has 36 heavy (non-hydrogen) atoms. The Hall–Kier alpha value is -3.87. The van der Waals surface area contributed by atoms with Crippen LogP contribution in [0, 0.1) is 18.8 Å². The number of hydrogen-bond donors (Lipinski definition) is 1. The Labute approximate surface area is 211 Å². The zero-order valence-electron chi connectivity index (χ0n) is 21.0. The van der Waals surface area contributed by atoms with Crippen molar-refractivity contribution in [3.8, 4) is 5.75 Å². The number of allylic oxidation sites excluding steroid dienone is 3. The Morgan fingerprint density at radius 3 is 2.39 bits per heavy atom. The van der Waals surface area contributed by atoms with E-state index in [0.717, 1.165) is 16.8 Å². The van der Waals surface area contributed by atoms with Crippen molar-refractivity contribution in [3.63, 3.8) is 0 Å². The number of carbonyl (C=O) groups is 3. The second kappa shape index (κ2) is 10.8. The van der Waals surface area contributed by atoms with E-state index in [4.69, 9.17) is 14.2 Å². The summed E-state index contributed by atoms with van der Waals surface area (Å²) in [5.74, 6) is -2.53. The predicted molar refractivity (Wildman–Crippen MR) is 134 cm³/mol. The molecule has 3 atom stereocenters. The van der Waals surface area contributed by atoms with Gasteiger partial charge >= 0.3 is 11.9 Å². The Bertz CT molecular complexity index is 1230. The molecule has 4 rings (SSSR count). The van der Waals surface area contributed by atoms with Crippen LogP contribution in [0.25, 0.3) is 0 Å². The molecule has 0 saturated heterocycles. The van der Waals surface area contributed by atoms with E-state index in [2.05, 4.69) is 5.32 Å². The molecule has 7 heteroatoms. The van der Waals surface area contributed by atoms with Crippen molar-refractivity contribution >= 4 is 17.7 Å². The quantitative estimate of drug-likeness (QED) is 0.354. The van der Waals surface area contributed by atoms with E-state index in [-0.39, 0.29) is 24.9 Å². The van der Waals surface area contributed by atoms with Crippen molar-refractivity contribution in [2.24, 2.45) is 11.8 Å². The number of hydrogen-bond acceptors (Lipinski definition) is 7. The highest BCUT2D eigenvalue weighted by atomic mass is 16.6. The Balaban J connectivity index is 1.65. The van der Waals surface area contributed by atoms with Crippen LogP contribution in [-0.4, -0.2) is 38.0 Å². The monoisotopic (exact) mass is 489 g/mol. The van der Waals surface area contributed by atoms with Crippen molar-refractivity contribution in [3.05, 3.63) is 88.3 Å². The molecule has 2 aliphatic rings. The molecule has 2 aromatic carbocycles. The van der Waals surface area contributed by atoms with Crippen LogP contribution in [0.1, 0.15) is 37.3 Å². The standard InChI is InChI=1S/C29H31NO6/c1-17-10-8-9-13-21(17)25-24(29(33)36-15-14-35-20-11-6-5-7-12-20)19(3)30-22-16-18(2)23(28(32)34-4)27(31)26(22)25/h5-13,18,23,25,30H,14-16H2,1-4H3/t18-,23+,25+/m1/s1. The summed E-state index contributed by atoms with van der Waals surface area (Å²) >= 11 is 0. The summed E-state index contributed by atoms with van der Waals surface area (Å²) in [5, 5.41) is 3.28. The summed E-state index contributed by atoms with van der Waals surface area (Å²) in [5.41, 5.74) is 3.91. The Morgan fingerprint density at radius 1 is 1.00 bits per heavy atom. The van der Waals surface area contributed by atoms with Crippen LogP contribution in [0.3, 0.4) is 0 Å². The number of rotatable bonds is 7. The number of benzene rings is 2. The number of dihydropyridines is 1. The topological polar surface area (TPSA) is 90.9 Å². The molecule has 1 aliphatic heterocycles. The smallest absolute Gasteiger partial charge is 0.336 e. The van der Waals surface area contributed by atoms with Crippen molar-refractivity contribution in [1.82, 2.24) is 5.32 Å². The molecule has 0 radical (unpaired) electrons. The average molecular weight is 490 g/mol. The molecular formula is C29H31NO6. The number of carbonyl (C=O) groups excluding carboxylic acids is 3. The Morgan fingerprint density at radius 2 is 1.69 bits per heavy atom. The number of aryl methyl sites for hydroxylation is 1. The van der Waals surface area contributed by atoms with Crippen molar-refractivity contribution < 1.29 is 28.6 Å². The van der Waals surface area contributed by atoms with Gasteiger partial charge in [-0.15, -0.1) is 0 Å². The van der Waals surface area contributed by atoms with Gasteiger partial charge in [0, 0.05) is 22.9 Å². The van der Waals surface area contributed by atoms with Crippen LogP contribution in [-0.2, 0) is 23.9 Å². The van der Waals surface area contributed by atoms with Gasteiger partial charge in [0.2, 0.25) is 0 Å². The number of nitrogens with one attached hydrogen (secondary N) is 1. The highest BCUT2D eigenvalue weighted by Gasteiger charge is 2.47. The zero-order chi connectivity index (χ0) is 25.8. The van der Waals surface area contributed by atoms with Crippen molar-refractivity contribution in [2.45, 2.75) is 33.1 Å². The van der Waals surface area contributed by atoms with Gasteiger partial charge in [-0.2, -0.15) is 0 Å². The number of ketones is 1. The lowest BCUT2D eigenvalue weighted by Gasteiger charge is -2.38. The predicted octanol–water partition coefficient (Wildman–Crippen LogP) is 4.23. The molecule has 1 aliphatic carbocycles. The van der Waals surface area contributed by atoms with Crippen molar-refractivity contribution in [1.29, 1.82) is 0 Å². The van der Waals surface area contributed by atoms with E-state index in [1.165, 1.54) is 7.11 Å². The first kappa shape index (κ1) is 25.2. The van der Waals surface area contributed by atoms with Crippen LogP contribution in [0.5, 0.6) is 5.75 Å². The summed E-state index contributed by atoms with van der Waals surface area (Å²) < 4.78 is 16.2. The lowest BCUT2D eigenvalue weighted by atomic mass is 9.68. The minimum atomic E-state index is -0.919. The maximum atomic E-state index is 13.8. The van der Waals surface area contributed by atoms with Gasteiger partial charge in [-0.25, -0.2) is 4.79 Å². The lowest BCUT2D eigenvalue weighted by molar-refractivity contribution is -0.151. The number of Topliss-reactive ketones (excluding diaryl/α,β-unsaturated/α-hetero) is 1. The number of methoxy groups -OCH3 is 1. The van der Waals surface area contributed by atoms with Crippen LogP contribution >= 0.6 is 0 Å². The summed E-state index contributed by atoms with van der Waals surface area (Å²) in [4.78, 5) is 39.7. The highest BCUT2D eigenvalue weighted by molar-refractivity contribution is 6.12. The molecule has 0 amide bonds. The molecule has 2 aromatic rings. The molecule has 0 unspecified atom stereocenters.